The molecule has 0 bridgehead atoms. The van der Waals surface area contributed by atoms with E-state index in [1.54, 1.807) is 0 Å². The number of alkyl halides is 1. The van der Waals surface area contributed by atoms with Gasteiger partial charge in [0.15, 0.2) is 18.2 Å². The zero-order valence-electron chi connectivity index (χ0n) is 9.95. The lowest BCUT2D eigenvalue weighted by Gasteiger charge is -2.15. The van der Waals surface area contributed by atoms with Crippen molar-refractivity contribution in [2.24, 2.45) is 0 Å². The monoisotopic (exact) mass is 305 g/mol. The molecule has 1 saturated heterocycles. The van der Waals surface area contributed by atoms with Crippen molar-refractivity contribution in [3.05, 3.63) is 23.5 Å². The summed E-state index contributed by atoms with van der Waals surface area (Å²) in [5, 5.41) is 18.4. The van der Waals surface area contributed by atoms with Gasteiger partial charge in [-0.15, -0.1) is 0 Å². The number of aliphatic hydroxyl groups is 2. The maximum absolute atomic E-state index is 14.0. The van der Waals surface area contributed by atoms with Gasteiger partial charge in [-0.25, -0.2) is 18.7 Å². The van der Waals surface area contributed by atoms with Crippen molar-refractivity contribution < 1.29 is 23.7 Å². The molecular weight excluding hydrogens is 296 g/mol. The minimum atomic E-state index is -1.82. The SMILES string of the molecule is OC[C@H]1O[C@@H](n2cc(F)c3c(Cl)ncnc32)[C@@H](F)C1O. The molecule has 3 rings (SSSR count). The molecule has 0 spiro atoms. The number of hydrogen-bond acceptors (Lipinski definition) is 5. The van der Waals surface area contributed by atoms with E-state index >= 15 is 0 Å². The largest absolute Gasteiger partial charge is 0.394 e. The summed E-state index contributed by atoms with van der Waals surface area (Å²) >= 11 is 5.77. The molecule has 108 valence electrons. The van der Waals surface area contributed by atoms with E-state index in [0.29, 0.717) is 0 Å². The lowest BCUT2D eigenvalue weighted by Crippen LogP contribution is -2.30. The summed E-state index contributed by atoms with van der Waals surface area (Å²) in [7, 11) is 0. The van der Waals surface area contributed by atoms with Crippen molar-refractivity contribution in [3.63, 3.8) is 0 Å². The number of rotatable bonds is 2. The minimum absolute atomic E-state index is 0.0492. The molecule has 0 amide bonds. The highest BCUT2D eigenvalue weighted by Gasteiger charge is 2.45. The molecule has 0 aliphatic carbocycles. The third kappa shape index (κ3) is 1.87. The molecule has 0 saturated carbocycles. The second-order valence-electron chi connectivity index (χ2n) is 4.43. The number of aliphatic hydroxyl groups excluding tert-OH is 2. The highest BCUT2D eigenvalue weighted by molar-refractivity contribution is 6.33. The summed E-state index contributed by atoms with van der Waals surface area (Å²) in [6, 6.07) is 0. The van der Waals surface area contributed by atoms with Crippen molar-refractivity contribution in [2.75, 3.05) is 6.61 Å². The average Bonchev–Trinajstić information content (AvgIpc) is 2.90. The molecule has 0 radical (unpaired) electrons. The third-order valence-corrected chi connectivity index (χ3v) is 3.55. The number of ether oxygens (including phenoxy) is 1. The molecule has 3 heterocycles. The van der Waals surface area contributed by atoms with Gasteiger partial charge in [0.25, 0.3) is 0 Å². The molecule has 6 nitrogen and oxygen atoms in total. The van der Waals surface area contributed by atoms with Gasteiger partial charge in [-0.1, -0.05) is 11.6 Å². The van der Waals surface area contributed by atoms with E-state index in [-0.39, 0.29) is 16.2 Å². The smallest absolute Gasteiger partial charge is 0.173 e. The Kier molecular flexibility index (Phi) is 3.33. The molecule has 1 aliphatic heterocycles. The summed E-state index contributed by atoms with van der Waals surface area (Å²) in [5.74, 6) is -0.719. The van der Waals surface area contributed by atoms with Gasteiger partial charge in [0.05, 0.1) is 12.0 Å². The van der Waals surface area contributed by atoms with Crippen LogP contribution in [0.4, 0.5) is 8.78 Å². The fourth-order valence-corrected chi connectivity index (χ4v) is 2.50. The van der Waals surface area contributed by atoms with Crippen LogP contribution in [0.2, 0.25) is 5.15 Å². The van der Waals surface area contributed by atoms with Gasteiger partial charge < -0.3 is 14.9 Å². The fraction of sp³-hybridized carbons (Fsp3) is 0.455. The second kappa shape index (κ2) is 4.88. The van der Waals surface area contributed by atoms with Crippen molar-refractivity contribution in [1.29, 1.82) is 0 Å². The van der Waals surface area contributed by atoms with Crippen LogP contribution in [-0.2, 0) is 4.74 Å². The highest BCUT2D eigenvalue weighted by Crippen LogP contribution is 2.35. The van der Waals surface area contributed by atoms with Gasteiger partial charge in [0, 0.05) is 6.20 Å². The Morgan fingerprint density at radius 1 is 1.45 bits per heavy atom. The van der Waals surface area contributed by atoms with Crippen LogP contribution in [0.5, 0.6) is 0 Å². The predicted octanol–water partition coefficient (Wildman–Crippen LogP) is 0.812. The van der Waals surface area contributed by atoms with E-state index in [2.05, 4.69) is 9.97 Å². The summed E-state index contributed by atoms with van der Waals surface area (Å²) in [6.07, 6.45) is -3.59. The van der Waals surface area contributed by atoms with Crippen LogP contribution in [0.15, 0.2) is 12.5 Å². The Hall–Kier alpha value is -1.35. The topological polar surface area (TPSA) is 80.4 Å². The van der Waals surface area contributed by atoms with Gasteiger partial charge in [0.1, 0.15) is 29.3 Å². The molecule has 1 fully saturated rings. The lowest BCUT2D eigenvalue weighted by atomic mass is 10.1. The second-order valence-corrected chi connectivity index (χ2v) is 4.79. The first-order chi connectivity index (χ1) is 9.54. The number of fused-ring (bicyclic) bond motifs is 1. The number of nitrogens with zero attached hydrogens (tertiary/aromatic N) is 3. The molecule has 1 unspecified atom stereocenters. The standard InChI is InChI=1S/C11H10ClF2N3O3/c12-9-6-4(13)1-17(10(6)16-3-15-9)11-7(14)8(19)5(2-18)20-11/h1,3,5,7-8,11,18-19H,2H2/t5-,7+,8?,11-/m1/s1. The number of halogens is 3. The van der Waals surface area contributed by atoms with Crippen molar-refractivity contribution >= 4 is 22.6 Å². The quantitative estimate of drug-likeness (QED) is 0.803. The first-order valence-corrected chi connectivity index (χ1v) is 6.17. The van der Waals surface area contributed by atoms with Gasteiger partial charge in [-0.2, -0.15) is 0 Å². The van der Waals surface area contributed by atoms with Gasteiger partial charge in [-0.3, -0.25) is 4.57 Å². The van der Waals surface area contributed by atoms with E-state index in [4.69, 9.17) is 21.4 Å². The molecule has 9 heteroatoms. The van der Waals surface area contributed by atoms with Crippen molar-refractivity contribution in [2.45, 2.75) is 24.6 Å². The maximum Gasteiger partial charge on any atom is 0.173 e. The van der Waals surface area contributed by atoms with Crippen molar-refractivity contribution in [3.8, 4) is 0 Å². The number of hydrogen-bond donors (Lipinski definition) is 2. The van der Waals surface area contributed by atoms with Crippen LogP contribution in [0.3, 0.4) is 0 Å². The molecule has 4 atom stereocenters. The summed E-state index contributed by atoms with van der Waals surface area (Å²) in [6.45, 7) is -0.546. The lowest BCUT2D eigenvalue weighted by molar-refractivity contribution is -0.0459. The summed E-state index contributed by atoms with van der Waals surface area (Å²) in [5.41, 5.74) is 0.0564. The number of aromatic nitrogens is 3. The van der Waals surface area contributed by atoms with Gasteiger partial charge >= 0.3 is 0 Å². The van der Waals surface area contributed by atoms with E-state index < -0.39 is 37.0 Å². The molecule has 2 aromatic heterocycles. The zero-order valence-corrected chi connectivity index (χ0v) is 10.7. The van der Waals surface area contributed by atoms with Crippen LogP contribution in [0.1, 0.15) is 6.23 Å². The Bertz CT molecular complexity index is 653. The van der Waals surface area contributed by atoms with E-state index in [1.807, 2.05) is 0 Å². The summed E-state index contributed by atoms with van der Waals surface area (Å²) in [4.78, 5) is 7.50. The molecule has 2 N–H and O–H groups in total. The average molecular weight is 306 g/mol. The molecule has 1 aliphatic rings. The maximum atomic E-state index is 14.0. The highest BCUT2D eigenvalue weighted by atomic mass is 35.5. The van der Waals surface area contributed by atoms with Crippen LogP contribution >= 0.6 is 11.6 Å². The van der Waals surface area contributed by atoms with Crippen molar-refractivity contribution in [1.82, 2.24) is 14.5 Å². The van der Waals surface area contributed by atoms with Gasteiger partial charge in [-0.05, 0) is 0 Å². The van der Waals surface area contributed by atoms with Crippen LogP contribution < -0.4 is 0 Å². The Morgan fingerprint density at radius 3 is 2.85 bits per heavy atom. The third-order valence-electron chi connectivity index (χ3n) is 3.26. The Labute approximate surface area is 116 Å². The fourth-order valence-electron chi connectivity index (χ4n) is 2.28. The van der Waals surface area contributed by atoms with E-state index in [9.17, 15) is 13.9 Å². The molecular formula is C11H10ClF2N3O3. The van der Waals surface area contributed by atoms with Crippen LogP contribution in [-0.4, -0.2) is 49.7 Å². The van der Waals surface area contributed by atoms with Crippen LogP contribution in [0, 0.1) is 5.82 Å². The van der Waals surface area contributed by atoms with E-state index in [0.717, 1.165) is 17.1 Å². The first-order valence-electron chi connectivity index (χ1n) is 5.79. The normalized spacial score (nSPS) is 30.2. The zero-order chi connectivity index (χ0) is 14.4. The Morgan fingerprint density at radius 2 is 2.20 bits per heavy atom. The molecule has 20 heavy (non-hydrogen) atoms. The molecule has 2 aromatic rings. The summed E-state index contributed by atoms with van der Waals surface area (Å²) < 4.78 is 34.2. The predicted molar refractivity (Wildman–Crippen MR) is 64.4 cm³/mol. The van der Waals surface area contributed by atoms with Crippen LogP contribution in [0.25, 0.3) is 11.0 Å². The first kappa shape index (κ1) is 13.6. The molecule has 0 aromatic carbocycles. The van der Waals surface area contributed by atoms with E-state index in [1.165, 1.54) is 0 Å². The Balaban J connectivity index is 2.10. The minimum Gasteiger partial charge on any atom is -0.394 e. The van der Waals surface area contributed by atoms with Gasteiger partial charge in [0.2, 0.25) is 0 Å².